The van der Waals surface area contributed by atoms with Gasteiger partial charge in [-0.2, -0.15) is 0 Å². The molecule has 1 atom stereocenters. The minimum absolute atomic E-state index is 0.0519. The van der Waals surface area contributed by atoms with E-state index in [0.717, 1.165) is 32.3 Å². The topological polar surface area (TPSA) is 75.6 Å². The molecule has 2 fully saturated rings. The molecule has 0 bridgehead atoms. The Morgan fingerprint density at radius 1 is 1.30 bits per heavy atom. The number of carboxylic acid groups (broad SMARTS) is 1. The Balaban J connectivity index is 1.89. The van der Waals surface area contributed by atoms with Crippen molar-refractivity contribution in [1.82, 2.24) is 5.32 Å². The van der Waals surface area contributed by atoms with E-state index >= 15 is 0 Å². The SMILES string of the molecule is CC1CCC(CNC(=O)C2CCCOC2)(C(=O)O)CC1. The average molecular weight is 283 g/mol. The lowest BCUT2D eigenvalue weighted by molar-refractivity contribution is -0.151. The van der Waals surface area contributed by atoms with Crippen LogP contribution in [-0.4, -0.2) is 36.7 Å². The van der Waals surface area contributed by atoms with Gasteiger partial charge in [-0.05, 0) is 44.4 Å². The quantitative estimate of drug-likeness (QED) is 0.825. The van der Waals surface area contributed by atoms with Gasteiger partial charge in [0.05, 0.1) is 17.9 Å². The number of carbonyl (C=O) groups excluding carboxylic acids is 1. The van der Waals surface area contributed by atoms with Crippen LogP contribution in [0.1, 0.15) is 45.4 Å². The van der Waals surface area contributed by atoms with Crippen molar-refractivity contribution >= 4 is 11.9 Å². The van der Waals surface area contributed by atoms with E-state index in [2.05, 4.69) is 12.2 Å². The Morgan fingerprint density at radius 2 is 2.00 bits per heavy atom. The Hall–Kier alpha value is -1.10. The maximum atomic E-state index is 12.1. The third kappa shape index (κ3) is 3.51. The number of carboxylic acids is 1. The molecule has 2 rings (SSSR count). The van der Waals surface area contributed by atoms with Crippen molar-refractivity contribution in [2.45, 2.75) is 45.4 Å². The first-order valence-corrected chi connectivity index (χ1v) is 7.62. The molecule has 0 aromatic heterocycles. The standard InChI is InChI=1S/C15H25NO4/c1-11-4-6-15(7-5-11,14(18)19)10-16-13(17)12-3-2-8-20-9-12/h11-12H,2-10H2,1H3,(H,16,17)(H,18,19). The second-order valence-electron chi connectivity index (χ2n) is 6.40. The molecule has 5 heteroatoms. The Bertz CT molecular complexity index is 355. The van der Waals surface area contributed by atoms with E-state index in [1.54, 1.807) is 0 Å². The highest BCUT2D eigenvalue weighted by Gasteiger charge is 2.41. The number of carbonyl (C=O) groups is 2. The number of hydrogen-bond donors (Lipinski definition) is 2. The Kier molecular flexibility index (Phi) is 5.02. The first-order chi connectivity index (χ1) is 9.53. The number of rotatable bonds is 4. The zero-order valence-corrected chi connectivity index (χ0v) is 12.2. The lowest BCUT2D eigenvalue weighted by atomic mass is 9.70. The van der Waals surface area contributed by atoms with E-state index in [1.165, 1.54) is 0 Å². The lowest BCUT2D eigenvalue weighted by Crippen LogP contribution is -2.47. The van der Waals surface area contributed by atoms with Crippen LogP contribution in [0, 0.1) is 17.3 Å². The van der Waals surface area contributed by atoms with Crippen LogP contribution in [0.3, 0.4) is 0 Å². The molecule has 1 aliphatic carbocycles. The van der Waals surface area contributed by atoms with Gasteiger partial charge >= 0.3 is 5.97 Å². The molecule has 0 spiro atoms. The first kappa shape index (κ1) is 15.3. The highest BCUT2D eigenvalue weighted by molar-refractivity contribution is 5.81. The van der Waals surface area contributed by atoms with Crippen LogP contribution in [0.5, 0.6) is 0 Å². The molecule has 1 saturated heterocycles. The predicted molar refractivity (Wildman–Crippen MR) is 74.3 cm³/mol. The third-order valence-electron chi connectivity index (χ3n) is 4.82. The molecule has 1 saturated carbocycles. The fourth-order valence-corrected chi connectivity index (χ4v) is 3.13. The fraction of sp³-hybridized carbons (Fsp3) is 0.867. The van der Waals surface area contributed by atoms with Gasteiger partial charge in [0, 0.05) is 13.2 Å². The van der Waals surface area contributed by atoms with Crippen molar-refractivity contribution in [3.05, 3.63) is 0 Å². The molecule has 1 amide bonds. The number of ether oxygens (including phenoxy) is 1. The molecule has 1 unspecified atom stereocenters. The molecule has 0 radical (unpaired) electrons. The van der Waals surface area contributed by atoms with Crippen molar-refractivity contribution in [3.8, 4) is 0 Å². The van der Waals surface area contributed by atoms with Crippen LogP contribution < -0.4 is 5.32 Å². The third-order valence-corrected chi connectivity index (χ3v) is 4.82. The van der Waals surface area contributed by atoms with Crippen molar-refractivity contribution < 1.29 is 19.4 Å². The van der Waals surface area contributed by atoms with Crippen molar-refractivity contribution in [2.75, 3.05) is 19.8 Å². The molecule has 2 aliphatic rings. The first-order valence-electron chi connectivity index (χ1n) is 7.62. The van der Waals surface area contributed by atoms with Gasteiger partial charge in [0.1, 0.15) is 0 Å². The zero-order chi connectivity index (χ0) is 14.6. The second-order valence-corrected chi connectivity index (χ2v) is 6.40. The highest BCUT2D eigenvalue weighted by Crippen LogP contribution is 2.38. The van der Waals surface area contributed by atoms with Gasteiger partial charge in [0.25, 0.3) is 0 Å². The summed E-state index contributed by atoms with van der Waals surface area (Å²) in [6.07, 6.45) is 4.90. The molecule has 2 N–H and O–H groups in total. The average Bonchev–Trinajstić information content (AvgIpc) is 2.47. The molecule has 20 heavy (non-hydrogen) atoms. The summed E-state index contributed by atoms with van der Waals surface area (Å²) in [5.41, 5.74) is -0.766. The molecule has 0 aromatic carbocycles. The van der Waals surface area contributed by atoms with E-state index in [0.29, 0.717) is 25.4 Å². The summed E-state index contributed by atoms with van der Waals surface area (Å²) in [4.78, 5) is 23.7. The second kappa shape index (κ2) is 6.57. The van der Waals surface area contributed by atoms with E-state index in [1.807, 2.05) is 0 Å². The zero-order valence-electron chi connectivity index (χ0n) is 12.2. The van der Waals surface area contributed by atoms with Crippen LogP contribution in [0.25, 0.3) is 0 Å². The fourth-order valence-electron chi connectivity index (χ4n) is 3.13. The van der Waals surface area contributed by atoms with Crippen molar-refractivity contribution in [3.63, 3.8) is 0 Å². The Labute approximate surface area is 120 Å². The molecular formula is C15H25NO4. The maximum Gasteiger partial charge on any atom is 0.311 e. The molecule has 114 valence electrons. The highest BCUT2D eigenvalue weighted by atomic mass is 16.5. The predicted octanol–water partition coefficient (Wildman–Crippen LogP) is 1.81. The van der Waals surface area contributed by atoms with E-state index in [9.17, 15) is 14.7 Å². The van der Waals surface area contributed by atoms with Crippen LogP contribution in [-0.2, 0) is 14.3 Å². The van der Waals surface area contributed by atoms with Crippen LogP contribution >= 0.6 is 0 Å². The maximum absolute atomic E-state index is 12.1. The Morgan fingerprint density at radius 3 is 2.55 bits per heavy atom. The van der Waals surface area contributed by atoms with Gasteiger partial charge in [0.2, 0.25) is 5.91 Å². The van der Waals surface area contributed by atoms with E-state index < -0.39 is 11.4 Å². The van der Waals surface area contributed by atoms with Gasteiger partial charge in [-0.1, -0.05) is 6.92 Å². The van der Waals surface area contributed by atoms with E-state index in [4.69, 9.17) is 4.74 Å². The van der Waals surface area contributed by atoms with Crippen LogP contribution in [0.15, 0.2) is 0 Å². The molecular weight excluding hydrogens is 258 g/mol. The van der Waals surface area contributed by atoms with Gasteiger partial charge < -0.3 is 15.2 Å². The summed E-state index contributed by atoms with van der Waals surface area (Å²) in [6, 6.07) is 0. The molecule has 1 heterocycles. The summed E-state index contributed by atoms with van der Waals surface area (Å²) in [5.74, 6) is -0.351. The summed E-state index contributed by atoms with van der Waals surface area (Å²) < 4.78 is 5.30. The smallest absolute Gasteiger partial charge is 0.311 e. The van der Waals surface area contributed by atoms with Crippen LogP contribution in [0.4, 0.5) is 0 Å². The summed E-state index contributed by atoms with van der Waals surface area (Å²) in [7, 11) is 0. The molecule has 1 aliphatic heterocycles. The number of aliphatic carboxylic acids is 1. The lowest BCUT2D eigenvalue weighted by Gasteiger charge is -2.36. The summed E-state index contributed by atoms with van der Waals surface area (Å²) in [5, 5.41) is 12.4. The monoisotopic (exact) mass is 283 g/mol. The van der Waals surface area contributed by atoms with Crippen molar-refractivity contribution in [2.24, 2.45) is 17.3 Å². The largest absolute Gasteiger partial charge is 0.481 e. The van der Waals surface area contributed by atoms with Gasteiger partial charge in [-0.15, -0.1) is 0 Å². The van der Waals surface area contributed by atoms with Crippen LogP contribution in [0.2, 0.25) is 0 Å². The van der Waals surface area contributed by atoms with E-state index in [-0.39, 0.29) is 18.4 Å². The minimum atomic E-state index is -0.774. The number of hydrogen-bond acceptors (Lipinski definition) is 3. The summed E-state index contributed by atoms with van der Waals surface area (Å²) >= 11 is 0. The molecule has 5 nitrogen and oxygen atoms in total. The van der Waals surface area contributed by atoms with Gasteiger partial charge in [-0.25, -0.2) is 0 Å². The number of amides is 1. The van der Waals surface area contributed by atoms with Gasteiger partial charge in [0.15, 0.2) is 0 Å². The normalized spacial score (nSPS) is 34.5. The van der Waals surface area contributed by atoms with Gasteiger partial charge in [-0.3, -0.25) is 9.59 Å². The minimum Gasteiger partial charge on any atom is -0.481 e. The molecule has 0 aromatic rings. The number of nitrogens with one attached hydrogen (secondary N) is 1. The van der Waals surface area contributed by atoms with Crippen molar-refractivity contribution in [1.29, 1.82) is 0 Å². The summed E-state index contributed by atoms with van der Waals surface area (Å²) in [6.45, 7) is 3.60.